The van der Waals surface area contributed by atoms with Gasteiger partial charge in [-0.05, 0) is 11.1 Å². The van der Waals surface area contributed by atoms with E-state index in [4.69, 9.17) is 0 Å². The zero-order valence-electron chi connectivity index (χ0n) is 10.9. The van der Waals surface area contributed by atoms with Gasteiger partial charge in [0.2, 0.25) is 0 Å². The quantitative estimate of drug-likeness (QED) is 0.776. The monoisotopic (exact) mass is 256 g/mol. The van der Waals surface area contributed by atoms with Gasteiger partial charge in [0.25, 0.3) is 0 Å². The number of esters is 1. The van der Waals surface area contributed by atoms with Crippen LogP contribution in [-0.2, 0) is 32.5 Å². The van der Waals surface area contributed by atoms with Crippen molar-refractivity contribution in [2.45, 2.75) is 26.0 Å². The summed E-state index contributed by atoms with van der Waals surface area (Å²) in [5.41, 5.74) is 1.88. The lowest BCUT2D eigenvalue weighted by atomic mass is 10.1. The maximum absolute atomic E-state index is 11.0. The van der Waals surface area contributed by atoms with Crippen LogP contribution in [0.2, 0.25) is 0 Å². The highest BCUT2D eigenvalue weighted by atomic mass is 32.2. The maximum atomic E-state index is 11.0. The summed E-state index contributed by atoms with van der Waals surface area (Å²) in [6.07, 6.45) is 1.92. The third kappa shape index (κ3) is 6.89. The number of carbonyl (C=O) groups excluding carboxylic acids is 1. The van der Waals surface area contributed by atoms with Crippen molar-refractivity contribution >= 4 is 16.8 Å². The number of methoxy groups -OCH3 is 1. The summed E-state index contributed by atoms with van der Waals surface area (Å²) in [6.45, 7) is 4.00. The van der Waals surface area contributed by atoms with Crippen LogP contribution >= 0.6 is 0 Å². The second-order valence-electron chi connectivity index (χ2n) is 3.29. The molecule has 4 heteroatoms. The minimum atomic E-state index is -0.855. The SMILES string of the molecule is CC.COC(=O)Cc1cccc(CS(C)=O)c1. The van der Waals surface area contributed by atoms with Crippen molar-refractivity contribution in [3.05, 3.63) is 35.4 Å². The van der Waals surface area contributed by atoms with Gasteiger partial charge in [-0.25, -0.2) is 0 Å². The second kappa shape index (κ2) is 8.93. The summed E-state index contributed by atoms with van der Waals surface area (Å²) in [5.74, 6) is 0.263. The van der Waals surface area contributed by atoms with Crippen LogP contribution in [0, 0.1) is 0 Å². The number of hydrogen-bond acceptors (Lipinski definition) is 3. The Kier molecular flexibility index (Phi) is 8.32. The van der Waals surface area contributed by atoms with E-state index in [0.717, 1.165) is 11.1 Å². The van der Waals surface area contributed by atoms with E-state index in [1.54, 1.807) is 6.26 Å². The van der Waals surface area contributed by atoms with Crippen LogP contribution in [-0.4, -0.2) is 23.5 Å². The van der Waals surface area contributed by atoms with Gasteiger partial charge in [-0.2, -0.15) is 0 Å². The summed E-state index contributed by atoms with van der Waals surface area (Å²) in [5, 5.41) is 0. The first-order chi connectivity index (χ1) is 8.11. The molecular weight excluding hydrogens is 236 g/mol. The molecule has 1 atom stereocenters. The highest BCUT2D eigenvalue weighted by molar-refractivity contribution is 7.83. The van der Waals surface area contributed by atoms with Crippen LogP contribution in [0.5, 0.6) is 0 Å². The summed E-state index contributed by atoms with van der Waals surface area (Å²) in [4.78, 5) is 11.0. The van der Waals surface area contributed by atoms with Gasteiger partial charge < -0.3 is 4.74 Å². The molecule has 0 N–H and O–H groups in total. The topological polar surface area (TPSA) is 43.4 Å². The molecule has 0 spiro atoms. The molecule has 0 amide bonds. The molecule has 3 nitrogen and oxygen atoms in total. The summed E-state index contributed by atoms with van der Waals surface area (Å²) in [7, 11) is 0.513. The molecule has 96 valence electrons. The van der Waals surface area contributed by atoms with E-state index < -0.39 is 10.8 Å². The average molecular weight is 256 g/mol. The Morgan fingerprint density at radius 1 is 1.29 bits per heavy atom. The van der Waals surface area contributed by atoms with Crippen molar-refractivity contribution in [2.75, 3.05) is 13.4 Å². The van der Waals surface area contributed by atoms with Gasteiger partial charge in [0.15, 0.2) is 0 Å². The minimum absolute atomic E-state index is 0.259. The molecule has 1 unspecified atom stereocenters. The largest absolute Gasteiger partial charge is 0.469 e. The predicted molar refractivity (Wildman–Crippen MR) is 71.3 cm³/mol. The fourth-order valence-electron chi connectivity index (χ4n) is 1.30. The van der Waals surface area contributed by atoms with Crippen LogP contribution in [0.4, 0.5) is 0 Å². The number of carbonyl (C=O) groups is 1. The molecule has 1 aromatic rings. The standard InChI is InChI=1S/C11H14O3S.C2H6/c1-14-11(12)7-9-4-3-5-10(6-9)8-15(2)13;1-2/h3-6H,7-8H2,1-2H3;1-2H3. The molecule has 0 bridgehead atoms. The Bertz CT molecular complexity index is 375. The van der Waals surface area contributed by atoms with E-state index in [-0.39, 0.29) is 12.4 Å². The number of benzene rings is 1. The molecule has 0 aliphatic rings. The van der Waals surface area contributed by atoms with Crippen LogP contribution in [0.3, 0.4) is 0 Å². The molecule has 0 fully saturated rings. The number of ether oxygens (including phenoxy) is 1. The van der Waals surface area contributed by atoms with E-state index in [9.17, 15) is 9.00 Å². The Morgan fingerprint density at radius 3 is 2.41 bits per heavy atom. The van der Waals surface area contributed by atoms with Crippen molar-refractivity contribution in [2.24, 2.45) is 0 Å². The Balaban J connectivity index is 0.00000121. The average Bonchev–Trinajstić information content (AvgIpc) is 2.31. The highest BCUT2D eigenvalue weighted by Crippen LogP contribution is 2.08. The van der Waals surface area contributed by atoms with Crippen molar-refractivity contribution in [3.63, 3.8) is 0 Å². The molecule has 0 saturated carbocycles. The zero-order valence-corrected chi connectivity index (χ0v) is 11.7. The lowest BCUT2D eigenvalue weighted by Crippen LogP contribution is -2.04. The summed E-state index contributed by atoms with van der Waals surface area (Å²) < 4.78 is 15.6. The lowest BCUT2D eigenvalue weighted by molar-refractivity contribution is -0.139. The lowest BCUT2D eigenvalue weighted by Gasteiger charge is -2.03. The van der Waals surface area contributed by atoms with Gasteiger partial charge in [0, 0.05) is 22.8 Å². The first kappa shape index (κ1) is 15.8. The van der Waals surface area contributed by atoms with Gasteiger partial charge in [-0.15, -0.1) is 0 Å². The normalized spacial score (nSPS) is 11.1. The van der Waals surface area contributed by atoms with Gasteiger partial charge in [-0.1, -0.05) is 38.1 Å². The van der Waals surface area contributed by atoms with E-state index in [2.05, 4.69) is 4.74 Å². The zero-order chi connectivity index (χ0) is 13.3. The Labute approximate surface area is 106 Å². The fourth-order valence-corrected chi connectivity index (χ4v) is 1.95. The molecule has 0 aliphatic heterocycles. The molecular formula is C13H20O3S. The molecule has 1 aromatic carbocycles. The van der Waals surface area contributed by atoms with E-state index in [1.165, 1.54) is 7.11 Å². The van der Waals surface area contributed by atoms with E-state index >= 15 is 0 Å². The van der Waals surface area contributed by atoms with Gasteiger partial charge >= 0.3 is 5.97 Å². The summed E-state index contributed by atoms with van der Waals surface area (Å²) in [6, 6.07) is 7.51. The van der Waals surface area contributed by atoms with Gasteiger partial charge in [0.1, 0.15) is 0 Å². The van der Waals surface area contributed by atoms with Gasteiger partial charge in [-0.3, -0.25) is 9.00 Å². The van der Waals surface area contributed by atoms with Crippen LogP contribution < -0.4 is 0 Å². The third-order valence-electron chi connectivity index (χ3n) is 1.94. The van der Waals surface area contributed by atoms with Crippen molar-refractivity contribution in [1.29, 1.82) is 0 Å². The first-order valence-corrected chi connectivity index (χ1v) is 7.29. The third-order valence-corrected chi connectivity index (χ3v) is 2.68. The van der Waals surface area contributed by atoms with Crippen LogP contribution in [0.15, 0.2) is 24.3 Å². The number of rotatable bonds is 4. The molecule has 0 radical (unpaired) electrons. The molecule has 0 heterocycles. The fraction of sp³-hybridized carbons (Fsp3) is 0.462. The van der Waals surface area contributed by atoms with E-state index in [0.29, 0.717) is 5.75 Å². The minimum Gasteiger partial charge on any atom is -0.469 e. The maximum Gasteiger partial charge on any atom is 0.309 e. The van der Waals surface area contributed by atoms with Crippen molar-refractivity contribution < 1.29 is 13.7 Å². The van der Waals surface area contributed by atoms with Crippen LogP contribution in [0.25, 0.3) is 0 Å². The first-order valence-electron chi connectivity index (χ1n) is 5.56. The summed E-state index contributed by atoms with van der Waals surface area (Å²) >= 11 is 0. The number of hydrogen-bond donors (Lipinski definition) is 0. The van der Waals surface area contributed by atoms with E-state index in [1.807, 2.05) is 38.1 Å². The molecule has 0 aromatic heterocycles. The Morgan fingerprint density at radius 2 is 1.88 bits per heavy atom. The second-order valence-corrected chi connectivity index (χ2v) is 4.73. The molecule has 17 heavy (non-hydrogen) atoms. The predicted octanol–water partition coefficient (Wildman–Crippen LogP) is 2.31. The molecule has 0 saturated heterocycles. The van der Waals surface area contributed by atoms with Crippen molar-refractivity contribution in [1.82, 2.24) is 0 Å². The molecule has 0 aliphatic carbocycles. The van der Waals surface area contributed by atoms with Gasteiger partial charge in [0.05, 0.1) is 13.5 Å². The Hall–Kier alpha value is -1.16. The highest BCUT2D eigenvalue weighted by Gasteiger charge is 2.03. The smallest absolute Gasteiger partial charge is 0.309 e. The molecule has 1 rings (SSSR count). The van der Waals surface area contributed by atoms with Crippen molar-refractivity contribution in [3.8, 4) is 0 Å². The van der Waals surface area contributed by atoms with Crippen LogP contribution in [0.1, 0.15) is 25.0 Å².